The van der Waals surface area contributed by atoms with Crippen molar-refractivity contribution in [3.63, 3.8) is 0 Å². The molecule has 2 atom stereocenters. The number of carbonyl (C=O) groups excluding carboxylic acids is 1. The van der Waals surface area contributed by atoms with E-state index in [2.05, 4.69) is 10.6 Å². The zero-order chi connectivity index (χ0) is 18.4. The summed E-state index contributed by atoms with van der Waals surface area (Å²) in [6.07, 6.45) is 1.19. The van der Waals surface area contributed by atoms with Crippen LogP contribution in [0.3, 0.4) is 0 Å². The topological polar surface area (TPSA) is 106 Å². The van der Waals surface area contributed by atoms with Gasteiger partial charge in [-0.15, -0.1) is 0 Å². The van der Waals surface area contributed by atoms with Crippen LogP contribution < -0.4 is 24.8 Å². The Labute approximate surface area is 146 Å². The van der Waals surface area contributed by atoms with Gasteiger partial charge in [-0.3, -0.25) is 4.79 Å². The molecule has 1 aromatic rings. The summed E-state index contributed by atoms with van der Waals surface area (Å²) in [5.74, 6) is 1.35. The monoisotopic (exact) mass is 352 g/mol. The van der Waals surface area contributed by atoms with Crippen molar-refractivity contribution in [3.05, 3.63) is 12.1 Å². The van der Waals surface area contributed by atoms with Gasteiger partial charge in [-0.2, -0.15) is 0 Å². The second-order valence-corrected chi connectivity index (χ2v) is 5.97. The van der Waals surface area contributed by atoms with Gasteiger partial charge in [-0.05, 0) is 25.2 Å². The molecule has 25 heavy (non-hydrogen) atoms. The average Bonchev–Trinajstić information content (AvgIpc) is 3.08. The molecule has 2 amide bonds. The molecule has 8 nitrogen and oxygen atoms in total. The first kappa shape index (κ1) is 18.7. The zero-order valence-corrected chi connectivity index (χ0v) is 14.6. The number of methoxy groups -OCH3 is 3. The van der Waals surface area contributed by atoms with Gasteiger partial charge < -0.3 is 30.0 Å². The lowest BCUT2D eigenvalue weighted by atomic mass is 10.0. The fraction of sp³-hybridized carbons (Fsp3) is 0.529. The van der Waals surface area contributed by atoms with E-state index in [1.165, 1.54) is 21.3 Å². The maximum absolute atomic E-state index is 12.5. The van der Waals surface area contributed by atoms with Gasteiger partial charge in [0.25, 0.3) is 0 Å². The fourth-order valence-electron chi connectivity index (χ4n) is 3.13. The van der Waals surface area contributed by atoms with Crippen molar-refractivity contribution in [2.24, 2.45) is 11.8 Å². The Hall–Kier alpha value is -2.64. The molecule has 1 fully saturated rings. The first-order valence-electron chi connectivity index (χ1n) is 8.06. The Balaban J connectivity index is 2.02. The van der Waals surface area contributed by atoms with Gasteiger partial charge in [-0.25, -0.2) is 4.79 Å². The van der Waals surface area contributed by atoms with Crippen molar-refractivity contribution in [1.29, 1.82) is 0 Å². The number of hydrogen-bond acceptors (Lipinski definition) is 5. The second kappa shape index (κ2) is 8.46. The van der Waals surface area contributed by atoms with Crippen LogP contribution in [0.5, 0.6) is 17.2 Å². The van der Waals surface area contributed by atoms with Gasteiger partial charge in [0.05, 0.1) is 21.3 Å². The largest absolute Gasteiger partial charge is 0.493 e. The molecule has 0 spiro atoms. The highest BCUT2D eigenvalue weighted by molar-refractivity contribution is 5.93. The predicted molar refractivity (Wildman–Crippen MR) is 91.6 cm³/mol. The van der Waals surface area contributed by atoms with E-state index >= 15 is 0 Å². The summed E-state index contributed by atoms with van der Waals surface area (Å²) in [5, 5.41) is 13.9. The standard InChI is InChI=1S/C17H24N2O6/c1-23-13-7-12(8-14(24-2)15(13)25-3)19-16(20)11-5-4-10(6-11)9-18-17(21)22/h7-8,10-11,18H,4-6,9H2,1-3H3,(H,19,20)(H,21,22). The van der Waals surface area contributed by atoms with E-state index in [9.17, 15) is 9.59 Å². The van der Waals surface area contributed by atoms with Crippen LogP contribution in [0.1, 0.15) is 19.3 Å². The van der Waals surface area contributed by atoms with Gasteiger partial charge in [0.1, 0.15) is 0 Å². The van der Waals surface area contributed by atoms with Crippen LogP contribution in [0.15, 0.2) is 12.1 Å². The lowest BCUT2D eigenvalue weighted by Crippen LogP contribution is -2.27. The lowest BCUT2D eigenvalue weighted by Gasteiger charge is -2.16. The summed E-state index contributed by atoms with van der Waals surface area (Å²) in [5.41, 5.74) is 0.562. The third kappa shape index (κ3) is 4.68. The van der Waals surface area contributed by atoms with Gasteiger partial charge in [0.2, 0.25) is 11.7 Å². The average molecular weight is 352 g/mol. The van der Waals surface area contributed by atoms with Gasteiger partial charge in [0, 0.05) is 30.3 Å². The Morgan fingerprint density at radius 1 is 1.12 bits per heavy atom. The molecule has 1 saturated carbocycles. The molecular formula is C17H24N2O6. The van der Waals surface area contributed by atoms with Crippen LogP contribution >= 0.6 is 0 Å². The number of carboxylic acid groups (broad SMARTS) is 1. The molecule has 2 unspecified atom stereocenters. The summed E-state index contributed by atoms with van der Waals surface area (Å²) in [6, 6.07) is 3.36. The lowest BCUT2D eigenvalue weighted by molar-refractivity contribution is -0.119. The number of rotatable bonds is 7. The van der Waals surface area contributed by atoms with Crippen molar-refractivity contribution >= 4 is 17.7 Å². The van der Waals surface area contributed by atoms with Crippen molar-refractivity contribution in [2.45, 2.75) is 19.3 Å². The SMILES string of the molecule is COc1cc(NC(=O)C2CCC(CNC(=O)O)C2)cc(OC)c1OC. The number of carbonyl (C=O) groups is 2. The highest BCUT2D eigenvalue weighted by atomic mass is 16.5. The molecular weight excluding hydrogens is 328 g/mol. The minimum Gasteiger partial charge on any atom is -0.493 e. The van der Waals surface area contributed by atoms with Crippen LogP contribution in [-0.4, -0.2) is 45.0 Å². The van der Waals surface area contributed by atoms with E-state index in [0.29, 0.717) is 35.9 Å². The first-order chi connectivity index (χ1) is 12.0. The number of ether oxygens (including phenoxy) is 3. The van der Waals surface area contributed by atoms with Crippen molar-refractivity contribution in [3.8, 4) is 17.2 Å². The Bertz CT molecular complexity index is 609. The van der Waals surface area contributed by atoms with E-state index in [1.54, 1.807) is 12.1 Å². The Morgan fingerprint density at radius 2 is 1.76 bits per heavy atom. The summed E-state index contributed by atoms with van der Waals surface area (Å²) in [4.78, 5) is 23.1. The van der Waals surface area contributed by atoms with Crippen LogP contribution in [0.4, 0.5) is 10.5 Å². The molecule has 0 saturated heterocycles. The summed E-state index contributed by atoms with van der Waals surface area (Å²) >= 11 is 0. The van der Waals surface area contributed by atoms with Crippen molar-refractivity contribution < 1.29 is 28.9 Å². The zero-order valence-electron chi connectivity index (χ0n) is 14.6. The van der Waals surface area contributed by atoms with Crippen LogP contribution in [-0.2, 0) is 4.79 Å². The smallest absolute Gasteiger partial charge is 0.404 e. The molecule has 1 aliphatic rings. The number of hydrogen-bond donors (Lipinski definition) is 3. The van der Waals surface area contributed by atoms with E-state index in [4.69, 9.17) is 19.3 Å². The highest BCUT2D eigenvalue weighted by Gasteiger charge is 2.30. The van der Waals surface area contributed by atoms with Crippen LogP contribution in [0, 0.1) is 11.8 Å². The fourth-order valence-corrected chi connectivity index (χ4v) is 3.13. The summed E-state index contributed by atoms with van der Waals surface area (Å²) in [6.45, 7) is 0.378. The molecule has 3 N–H and O–H groups in total. The van der Waals surface area contributed by atoms with E-state index in [0.717, 1.165) is 12.8 Å². The van der Waals surface area contributed by atoms with Crippen LogP contribution in [0.2, 0.25) is 0 Å². The maximum atomic E-state index is 12.5. The molecule has 1 aromatic carbocycles. The van der Waals surface area contributed by atoms with E-state index in [1.807, 2.05) is 0 Å². The number of benzene rings is 1. The molecule has 0 heterocycles. The van der Waals surface area contributed by atoms with Gasteiger partial charge in [-0.1, -0.05) is 0 Å². The number of nitrogens with one attached hydrogen (secondary N) is 2. The Morgan fingerprint density at radius 3 is 2.28 bits per heavy atom. The highest BCUT2D eigenvalue weighted by Crippen LogP contribution is 2.40. The first-order valence-corrected chi connectivity index (χ1v) is 8.06. The number of amides is 2. The van der Waals surface area contributed by atoms with Crippen molar-refractivity contribution in [1.82, 2.24) is 5.32 Å². The third-order valence-corrected chi connectivity index (χ3v) is 4.39. The molecule has 0 aromatic heterocycles. The molecule has 0 radical (unpaired) electrons. The molecule has 2 rings (SSSR count). The second-order valence-electron chi connectivity index (χ2n) is 5.97. The summed E-state index contributed by atoms with van der Waals surface area (Å²) < 4.78 is 15.8. The summed E-state index contributed by atoms with van der Waals surface area (Å²) in [7, 11) is 4.54. The molecule has 0 aliphatic heterocycles. The molecule has 138 valence electrons. The third-order valence-electron chi connectivity index (χ3n) is 4.39. The quantitative estimate of drug-likeness (QED) is 0.695. The van der Waals surface area contributed by atoms with E-state index < -0.39 is 6.09 Å². The minimum absolute atomic E-state index is 0.0907. The van der Waals surface area contributed by atoms with Crippen LogP contribution in [0.25, 0.3) is 0 Å². The van der Waals surface area contributed by atoms with E-state index in [-0.39, 0.29) is 17.7 Å². The van der Waals surface area contributed by atoms with Crippen molar-refractivity contribution in [2.75, 3.05) is 33.2 Å². The number of anilines is 1. The Kier molecular flexibility index (Phi) is 6.32. The minimum atomic E-state index is -1.04. The predicted octanol–water partition coefficient (Wildman–Crippen LogP) is 2.33. The molecule has 8 heteroatoms. The maximum Gasteiger partial charge on any atom is 0.404 e. The molecule has 0 bridgehead atoms. The molecule has 1 aliphatic carbocycles. The van der Waals surface area contributed by atoms with Gasteiger partial charge in [0.15, 0.2) is 11.5 Å². The normalized spacial score (nSPS) is 19.2. The van der Waals surface area contributed by atoms with Gasteiger partial charge >= 0.3 is 6.09 Å².